The molecule has 0 aliphatic carbocycles. The molecule has 0 radical (unpaired) electrons. The van der Waals surface area contributed by atoms with Gasteiger partial charge in [-0.1, -0.05) is 59.8 Å². The van der Waals surface area contributed by atoms with Crippen molar-refractivity contribution >= 4 is 5.71 Å². The molecule has 0 spiro atoms. The molecule has 3 nitrogen and oxygen atoms in total. The van der Waals surface area contributed by atoms with Gasteiger partial charge >= 0.3 is 0 Å². The fourth-order valence-electron chi connectivity index (χ4n) is 4.01. The van der Waals surface area contributed by atoms with Gasteiger partial charge in [0.15, 0.2) is 0 Å². The topological polar surface area (TPSA) is 35.8 Å². The quantitative estimate of drug-likeness (QED) is 0.488. The monoisotopic (exact) mass is 336 g/mol. The molecule has 1 aliphatic rings. The maximum atomic E-state index is 9.75. The molecule has 2 atom stereocenters. The summed E-state index contributed by atoms with van der Waals surface area (Å²) in [6.07, 6.45) is 3.05. The predicted octanol–water partition coefficient (Wildman–Crippen LogP) is 4.69. The van der Waals surface area contributed by atoms with Crippen molar-refractivity contribution in [2.24, 2.45) is 11.1 Å². The third-order valence-corrected chi connectivity index (χ3v) is 5.40. The number of aryl methyl sites for hydroxylation is 1. The molecule has 0 aromatic heterocycles. The van der Waals surface area contributed by atoms with E-state index in [0.29, 0.717) is 5.92 Å². The van der Waals surface area contributed by atoms with Gasteiger partial charge in [-0.25, -0.2) is 0 Å². The molecule has 0 amide bonds. The van der Waals surface area contributed by atoms with E-state index in [1.54, 1.807) is 0 Å². The smallest absolute Gasteiger partial charge is 0.0623 e. The maximum Gasteiger partial charge on any atom is 0.0623 e. The first-order chi connectivity index (χ1) is 12.2. The van der Waals surface area contributed by atoms with E-state index in [1.165, 1.54) is 23.1 Å². The Hall–Kier alpha value is -2.13. The first-order valence-electron chi connectivity index (χ1n) is 9.19. The molecule has 1 unspecified atom stereocenters. The standard InChI is InChI=1S/C22H28N2O/c1-17-9-6-7-13-20(17)21(18-10-4-3-5-11-18)15-22(23-25)19-12-8-14-24(2)16-19/h3-7,9-11,13,19,21,25H,8,12,14-16H2,1-2H3/b23-22+/t19?,21-/m1/s1. The maximum absolute atomic E-state index is 9.75. The van der Waals surface area contributed by atoms with Gasteiger partial charge < -0.3 is 10.1 Å². The van der Waals surface area contributed by atoms with Gasteiger partial charge in [0.2, 0.25) is 0 Å². The molecule has 25 heavy (non-hydrogen) atoms. The number of piperidine rings is 1. The van der Waals surface area contributed by atoms with Crippen molar-refractivity contribution in [1.29, 1.82) is 0 Å². The third-order valence-electron chi connectivity index (χ3n) is 5.40. The number of hydrogen-bond acceptors (Lipinski definition) is 3. The van der Waals surface area contributed by atoms with Crippen LogP contribution >= 0.6 is 0 Å². The second-order valence-corrected chi connectivity index (χ2v) is 7.22. The zero-order valence-corrected chi connectivity index (χ0v) is 15.2. The molecule has 3 heteroatoms. The van der Waals surface area contributed by atoms with Gasteiger partial charge in [0.25, 0.3) is 0 Å². The van der Waals surface area contributed by atoms with Crippen LogP contribution in [-0.4, -0.2) is 36.0 Å². The Balaban J connectivity index is 1.91. The number of oxime groups is 1. The molecule has 2 aromatic carbocycles. The van der Waals surface area contributed by atoms with E-state index in [2.05, 4.69) is 78.6 Å². The molecule has 3 rings (SSSR count). The van der Waals surface area contributed by atoms with Gasteiger partial charge in [0.1, 0.15) is 0 Å². The molecule has 132 valence electrons. The van der Waals surface area contributed by atoms with Crippen molar-refractivity contribution < 1.29 is 5.21 Å². The van der Waals surface area contributed by atoms with Crippen molar-refractivity contribution in [3.8, 4) is 0 Å². The fourth-order valence-corrected chi connectivity index (χ4v) is 4.01. The Morgan fingerprint density at radius 1 is 1.16 bits per heavy atom. The molecule has 1 fully saturated rings. The Morgan fingerprint density at radius 3 is 2.56 bits per heavy atom. The summed E-state index contributed by atoms with van der Waals surface area (Å²) in [5.74, 6) is 0.569. The highest BCUT2D eigenvalue weighted by Crippen LogP contribution is 2.33. The molecule has 1 N–H and O–H groups in total. The van der Waals surface area contributed by atoms with E-state index in [0.717, 1.165) is 31.6 Å². The minimum Gasteiger partial charge on any atom is -0.411 e. The first-order valence-corrected chi connectivity index (χ1v) is 9.19. The minimum atomic E-state index is 0.223. The van der Waals surface area contributed by atoms with Crippen LogP contribution in [0.15, 0.2) is 59.8 Å². The SMILES string of the molecule is Cc1ccccc1[C@H](C/C(=N\O)C1CCCN(C)C1)c1ccccc1. The van der Waals surface area contributed by atoms with E-state index in [9.17, 15) is 5.21 Å². The summed E-state index contributed by atoms with van der Waals surface area (Å²) < 4.78 is 0. The largest absolute Gasteiger partial charge is 0.411 e. The summed E-state index contributed by atoms with van der Waals surface area (Å²) >= 11 is 0. The zero-order valence-electron chi connectivity index (χ0n) is 15.2. The molecule has 0 bridgehead atoms. The summed E-state index contributed by atoms with van der Waals surface area (Å²) in [6.45, 7) is 4.28. The molecule has 1 heterocycles. The van der Waals surface area contributed by atoms with Crippen molar-refractivity contribution in [3.63, 3.8) is 0 Å². The Labute approximate surface area is 151 Å². The zero-order chi connectivity index (χ0) is 17.6. The molecular formula is C22H28N2O. The van der Waals surface area contributed by atoms with E-state index >= 15 is 0 Å². The van der Waals surface area contributed by atoms with Gasteiger partial charge in [-0.05, 0) is 50.0 Å². The molecular weight excluding hydrogens is 308 g/mol. The first kappa shape index (κ1) is 17.7. The van der Waals surface area contributed by atoms with Crippen LogP contribution in [0.5, 0.6) is 0 Å². The van der Waals surface area contributed by atoms with E-state index in [4.69, 9.17) is 0 Å². The average molecular weight is 336 g/mol. The van der Waals surface area contributed by atoms with Gasteiger partial charge in [0.05, 0.1) is 5.71 Å². The van der Waals surface area contributed by atoms with Gasteiger partial charge in [0, 0.05) is 24.8 Å². The lowest BCUT2D eigenvalue weighted by molar-refractivity contribution is 0.238. The second-order valence-electron chi connectivity index (χ2n) is 7.22. The lowest BCUT2D eigenvalue weighted by Crippen LogP contribution is -2.36. The summed E-state index contributed by atoms with van der Waals surface area (Å²) in [5.41, 5.74) is 4.82. The van der Waals surface area contributed by atoms with Crippen LogP contribution in [0.2, 0.25) is 0 Å². The van der Waals surface area contributed by atoms with Gasteiger partial charge in [-0.2, -0.15) is 0 Å². The normalized spacial score (nSPS) is 20.4. The molecule has 2 aromatic rings. The summed E-state index contributed by atoms with van der Waals surface area (Å²) in [5, 5.41) is 13.5. The minimum absolute atomic E-state index is 0.223. The average Bonchev–Trinajstić information content (AvgIpc) is 2.64. The highest BCUT2D eigenvalue weighted by molar-refractivity contribution is 5.87. The van der Waals surface area contributed by atoms with Crippen molar-refractivity contribution in [2.75, 3.05) is 20.1 Å². The van der Waals surface area contributed by atoms with Crippen molar-refractivity contribution in [3.05, 3.63) is 71.3 Å². The van der Waals surface area contributed by atoms with Crippen LogP contribution < -0.4 is 0 Å². The van der Waals surface area contributed by atoms with Gasteiger partial charge in [-0.15, -0.1) is 0 Å². The third kappa shape index (κ3) is 4.29. The van der Waals surface area contributed by atoms with E-state index in [-0.39, 0.29) is 5.92 Å². The van der Waals surface area contributed by atoms with Crippen LogP contribution in [0.3, 0.4) is 0 Å². The summed E-state index contributed by atoms with van der Waals surface area (Å²) in [6, 6.07) is 19.1. The number of benzene rings is 2. The molecule has 1 aliphatic heterocycles. The van der Waals surface area contributed by atoms with Crippen molar-refractivity contribution in [2.45, 2.75) is 32.1 Å². The Bertz CT molecular complexity index is 711. The Kier molecular flexibility index (Phi) is 5.87. The predicted molar refractivity (Wildman–Crippen MR) is 104 cm³/mol. The summed E-state index contributed by atoms with van der Waals surface area (Å²) in [4.78, 5) is 2.34. The number of hydrogen-bond donors (Lipinski definition) is 1. The van der Waals surface area contributed by atoms with Gasteiger partial charge in [-0.3, -0.25) is 0 Å². The molecule has 1 saturated heterocycles. The number of likely N-dealkylation sites (tertiary alicyclic amines) is 1. The van der Waals surface area contributed by atoms with E-state index < -0.39 is 0 Å². The second kappa shape index (κ2) is 8.30. The Morgan fingerprint density at radius 2 is 1.88 bits per heavy atom. The number of nitrogens with zero attached hydrogens (tertiary/aromatic N) is 2. The van der Waals surface area contributed by atoms with Crippen LogP contribution in [-0.2, 0) is 0 Å². The lowest BCUT2D eigenvalue weighted by Gasteiger charge is -2.31. The lowest BCUT2D eigenvalue weighted by atomic mass is 9.81. The highest BCUT2D eigenvalue weighted by atomic mass is 16.4. The summed E-state index contributed by atoms with van der Waals surface area (Å²) in [7, 11) is 2.15. The highest BCUT2D eigenvalue weighted by Gasteiger charge is 2.27. The molecule has 0 saturated carbocycles. The fraction of sp³-hybridized carbons (Fsp3) is 0.409. The van der Waals surface area contributed by atoms with E-state index in [1.807, 2.05) is 0 Å². The van der Waals surface area contributed by atoms with Crippen LogP contribution in [0.1, 0.15) is 41.9 Å². The van der Waals surface area contributed by atoms with Crippen LogP contribution in [0, 0.1) is 12.8 Å². The number of rotatable bonds is 5. The van der Waals surface area contributed by atoms with Crippen LogP contribution in [0.25, 0.3) is 0 Å². The van der Waals surface area contributed by atoms with Crippen molar-refractivity contribution in [1.82, 2.24) is 4.90 Å². The van der Waals surface area contributed by atoms with Crippen LogP contribution in [0.4, 0.5) is 0 Å².